The van der Waals surface area contributed by atoms with Gasteiger partial charge in [-0.15, -0.1) is 0 Å². The summed E-state index contributed by atoms with van der Waals surface area (Å²) < 4.78 is 0. The lowest BCUT2D eigenvalue weighted by molar-refractivity contribution is -0.129. The highest BCUT2D eigenvalue weighted by Gasteiger charge is 2.34. The molecule has 3 aliphatic rings. The van der Waals surface area contributed by atoms with E-state index in [-0.39, 0.29) is 36.4 Å². The maximum absolute atomic E-state index is 13.0. The summed E-state index contributed by atoms with van der Waals surface area (Å²) in [6, 6.07) is -0.121. The maximum atomic E-state index is 13.0. The molecule has 0 aromatic rings. The molecule has 0 radical (unpaired) electrons. The minimum Gasteiger partial charge on any atom is -0.389 e. The summed E-state index contributed by atoms with van der Waals surface area (Å²) in [5.41, 5.74) is 5.61. The van der Waals surface area contributed by atoms with Gasteiger partial charge in [-0.05, 0) is 71.4 Å². The fourth-order valence-corrected chi connectivity index (χ4v) is 5.27. The van der Waals surface area contributed by atoms with Crippen molar-refractivity contribution in [3.63, 3.8) is 0 Å². The minimum absolute atomic E-state index is 0.0182. The number of hydrogen-bond acceptors (Lipinski definition) is 7. The maximum Gasteiger partial charge on any atom is 0.237 e. The molecule has 0 aromatic carbocycles. The van der Waals surface area contributed by atoms with E-state index in [1.54, 1.807) is 13.8 Å². The molecule has 2 aliphatic heterocycles. The smallest absolute Gasteiger partial charge is 0.237 e. The summed E-state index contributed by atoms with van der Waals surface area (Å²) in [7, 11) is 2.13. The molecular weight excluding hydrogens is 408 g/mol. The lowest BCUT2D eigenvalue weighted by Crippen LogP contribution is -2.54. The van der Waals surface area contributed by atoms with Crippen LogP contribution in [0.3, 0.4) is 0 Å². The minimum atomic E-state index is -0.937. The zero-order valence-electron chi connectivity index (χ0n) is 20.2. The van der Waals surface area contributed by atoms with Gasteiger partial charge in [-0.2, -0.15) is 0 Å². The fraction of sp³-hybridized carbons (Fsp3) is 0.913. The summed E-state index contributed by atoms with van der Waals surface area (Å²) >= 11 is 0. The van der Waals surface area contributed by atoms with Crippen molar-refractivity contribution in [3.8, 4) is 0 Å². The lowest BCUT2D eigenvalue weighted by atomic mass is 9.77. The Morgan fingerprint density at radius 3 is 2.66 bits per heavy atom. The van der Waals surface area contributed by atoms with Crippen LogP contribution >= 0.6 is 0 Å². The summed E-state index contributed by atoms with van der Waals surface area (Å²) in [4.78, 5) is 27.8. The number of rotatable bonds is 8. The van der Waals surface area contributed by atoms with Crippen LogP contribution < -0.4 is 26.8 Å². The van der Waals surface area contributed by atoms with Crippen molar-refractivity contribution >= 4 is 11.8 Å². The van der Waals surface area contributed by atoms with Crippen LogP contribution in [-0.4, -0.2) is 72.5 Å². The molecule has 1 saturated carbocycles. The molecule has 9 heteroatoms. The van der Waals surface area contributed by atoms with Crippen LogP contribution in [0, 0.1) is 17.8 Å². The normalized spacial score (nSPS) is 33.0. The first kappa shape index (κ1) is 25.4. The third-order valence-corrected chi connectivity index (χ3v) is 7.38. The molecule has 5 unspecified atom stereocenters. The molecule has 2 heterocycles. The Bertz CT molecular complexity index is 640. The standard InChI is InChI=1S/C23H44N6O3/c1-15(10-20-28-26-14-29(20)4)16-6-5-7-18(11-16)27-22(31)19-12-17(8-9-24-19)21(30)25-13-23(2,3)32/h15-20,24,26,28,32H,5-14H2,1-4H3,(H,25,30)(H,27,31)/t15-,16?,17?,18?,19?,20?/m1/s1. The Balaban J connectivity index is 1.45. The largest absolute Gasteiger partial charge is 0.389 e. The average molecular weight is 453 g/mol. The Hall–Kier alpha value is -1.26. The van der Waals surface area contributed by atoms with Crippen LogP contribution in [0.15, 0.2) is 0 Å². The number of piperidine rings is 1. The Labute approximate surface area is 192 Å². The van der Waals surface area contributed by atoms with E-state index in [4.69, 9.17) is 0 Å². The van der Waals surface area contributed by atoms with Gasteiger partial charge in [0.15, 0.2) is 0 Å². The second-order valence-corrected chi connectivity index (χ2v) is 10.9. The van der Waals surface area contributed by atoms with Gasteiger partial charge in [0.1, 0.15) is 0 Å². The van der Waals surface area contributed by atoms with Crippen molar-refractivity contribution in [2.45, 2.75) is 89.6 Å². The molecule has 0 bridgehead atoms. The van der Waals surface area contributed by atoms with Gasteiger partial charge < -0.3 is 21.1 Å². The Morgan fingerprint density at radius 2 is 1.97 bits per heavy atom. The monoisotopic (exact) mass is 452 g/mol. The molecule has 0 spiro atoms. The first-order valence-corrected chi connectivity index (χ1v) is 12.3. The molecule has 0 aromatic heterocycles. The van der Waals surface area contributed by atoms with Crippen LogP contribution in [0.25, 0.3) is 0 Å². The van der Waals surface area contributed by atoms with Crippen molar-refractivity contribution in [2.75, 3.05) is 26.8 Å². The van der Waals surface area contributed by atoms with Gasteiger partial charge in [-0.1, -0.05) is 19.8 Å². The first-order chi connectivity index (χ1) is 15.1. The summed E-state index contributed by atoms with van der Waals surface area (Å²) in [6.07, 6.45) is 7.10. The quantitative estimate of drug-likeness (QED) is 0.313. The van der Waals surface area contributed by atoms with E-state index in [0.29, 0.717) is 37.4 Å². The lowest BCUT2D eigenvalue weighted by Gasteiger charge is -2.36. The molecule has 2 saturated heterocycles. The fourth-order valence-electron chi connectivity index (χ4n) is 5.27. The second-order valence-electron chi connectivity index (χ2n) is 10.9. The van der Waals surface area contributed by atoms with Crippen LogP contribution in [0.1, 0.15) is 65.7 Å². The molecule has 9 nitrogen and oxygen atoms in total. The van der Waals surface area contributed by atoms with Crippen molar-refractivity contribution in [3.05, 3.63) is 0 Å². The van der Waals surface area contributed by atoms with E-state index in [1.165, 1.54) is 6.42 Å². The van der Waals surface area contributed by atoms with Crippen LogP contribution in [-0.2, 0) is 9.59 Å². The molecule has 184 valence electrons. The van der Waals surface area contributed by atoms with Gasteiger partial charge >= 0.3 is 0 Å². The van der Waals surface area contributed by atoms with Crippen LogP contribution in [0.4, 0.5) is 0 Å². The van der Waals surface area contributed by atoms with Gasteiger partial charge in [-0.25, -0.2) is 10.9 Å². The summed E-state index contributed by atoms with van der Waals surface area (Å²) in [5, 5.41) is 19.2. The van der Waals surface area contributed by atoms with Crippen molar-refractivity contribution in [2.24, 2.45) is 17.8 Å². The van der Waals surface area contributed by atoms with Crippen molar-refractivity contribution in [1.29, 1.82) is 0 Å². The van der Waals surface area contributed by atoms with E-state index >= 15 is 0 Å². The van der Waals surface area contributed by atoms with Crippen LogP contribution in [0.5, 0.6) is 0 Å². The molecule has 6 N–H and O–H groups in total. The molecule has 3 rings (SSSR count). The first-order valence-electron chi connectivity index (χ1n) is 12.3. The predicted molar refractivity (Wildman–Crippen MR) is 124 cm³/mol. The molecule has 3 fully saturated rings. The van der Waals surface area contributed by atoms with Gasteiger partial charge in [0, 0.05) is 18.5 Å². The molecule has 32 heavy (non-hydrogen) atoms. The molecule has 1 aliphatic carbocycles. The molecule has 2 amide bonds. The molecule has 6 atom stereocenters. The highest BCUT2D eigenvalue weighted by molar-refractivity contribution is 5.84. The summed E-state index contributed by atoms with van der Waals surface area (Å²) in [5.74, 6) is 0.955. The number of hydrazine groups is 1. The van der Waals surface area contributed by atoms with E-state index < -0.39 is 5.60 Å². The van der Waals surface area contributed by atoms with Gasteiger partial charge in [0.2, 0.25) is 11.8 Å². The Morgan fingerprint density at radius 1 is 1.19 bits per heavy atom. The van der Waals surface area contributed by atoms with Gasteiger partial charge in [0.25, 0.3) is 0 Å². The van der Waals surface area contributed by atoms with Crippen molar-refractivity contribution in [1.82, 2.24) is 31.7 Å². The van der Waals surface area contributed by atoms with Gasteiger partial charge in [-0.3, -0.25) is 14.5 Å². The highest BCUT2D eigenvalue weighted by Crippen LogP contribution is 2.33. The van der Waals surface area contributed by atoms with E-state index in [0.717, 1.165) is 32.4 Å². The number of hydrogen-bond donors (Lipinski definition) is 6. The van der Waals surface area contributed by atoms with E-state index in [2.05, 4.69) is 45.7 Å². The second kappa shape index (κ2) is 11.2. The van der Waals surface area contributed by atoms with Crippen molar-refractivity contribution < 1.29 is 14.7 Å². The number of amides is 2. The zero-order chi connectivity index (χ0) is 23.3. The topological polar surface area (TPSA) is 118 Å². The number of carbonyl (C=O) groups excluding carboxylic acids is 2. The number of nitrogens with zero attached hydrogens (tertiary/aromatic N) is 1. The zero-order valence-corrected chi connectivity index (χ0v) is 20.2. The number of nitrogens with one attached hydrogen (secondary N) is 5. The Kier molecular flexibility index (Phi) is 8.91. The van der Waals surface area contributed by atoms with Crippen LogP contribution in [0.2, 0.25) is 0 Å². The number of aliphatic hydroxyl groups is 1. The van der Waals surface area contributed by atoms with E-state index in [9.17, 15) is 14.7 Å². The third kappa shape index (κ3) is 7.38. The van der Waals surface area contributed by atoms with Gasteiger partial charge in [0.05, 0.1) is 24.5 Å². The SMILES string of the molecule is C[C@H](CC1NNCN1C)C1CCCC(NC(=O)C2CC(C(=O)NCC(C)(C)O)CCN2)C1. The summed E-state index contributed by atoms with van der Waals surface area (Å²) in [6.45, 7) is 7.41. The third-order valence-electron chi connectivity index (χ3n) is 7.38. The highest BCUT2D eigenvalue weighted by atomic mass is 16.3. The average Bonchev–Trinajstić information content (AvgIpc) is 3.16. The predicted octanol–water partition coefficient (Wildman–Crippen LogP) is 0.266. The van der Waals surface area contributed by atoms with E-state index in [1.807, 2.05) is 0 Å². The molecular formula is C23H44N6O3. The number of carbonyl (C=O) groups is 2.